The molecule has 6 nitrogen and oxygen atoms in total. The Hall–Kier alpha value is -4.26. The lowest BCUT2D eigenvalue weighted by atomic mass is 9.94. The number of aryl methyl sites for hydroxylation is 1. The molecule has 0 bridgehead atoms. The molecule has 164 valence electrons. The fourth-order valence-corrected chi connectivity index (χ4v) is 3.99. The fourth-order valence-electron chi connectivity index (χ4n) is 3.99. The lowest BCUT2D eigenvalue weighted by Gasteiger charge is -2.35. The summed E-state index contributed by atoms with van der Waals surface area (Å²) >= 11 is 0. The summed E-state index contributed by atoms with van der Waals surface area (Å²) in [5.74, 6) is 0.154. The van der Waals surface area contributed by atoms with Gasteiger partial charge >= 0.3 is 6.03 Å². The number of nitrogens with one attached hydrogen (secondary N) is 1. The second-order valence-electron chi connectivity index (χ2n) is 7.90. The first-order chi connectivity index (χ1) is 16.0. The third-order valence-corrected chi connectivity index (χ3v) is 5.65. The van der Waals surface area contributed by atoms with Gasteiger partial charge in [0.1, 0.15) is 5.82 Å². The van der Waals surface area contributed by atoms with E-state index in [0.717, 1.165) is 16.8 Å². The van der Waals surface area contributed by atoms with Gasteiger partial charge in [0.25, 0.3) is 5.89 Å². The Kier molecular flexibility index (Phi) is 5.22. The number of hydrogen-bond donors (Lipinski definition) is 1. The van der Waals surface area contributed by atoms with E-state index in [0.29, 0.717) is 16.8 Å². The Morgan fingerprint density at radius 1 is 0.970 bits per heavy atom. The molecule has 5 rings (SSSR count). The van der Waals surface area contributed by atoms with Crippen LogP contribution in [-0.2, 0) is 0 Å². The van der Waals surface area contributed by atoms with Gasteiger partial charge in [0.2, 0.25) is 5.82 Å². The third kappa shape index (κ3) is 3.89. The van der Waals surface area contributed by atoms with Gasteiger partial charge in [0.05, 0.1) is 17.3 Å². The van der Waals surface area contributed by atoms with Gasteiger partial charge in [-0.05, 0) is 43.7 Å². The number of urea groups is 1. The maximum atomic E-state index is 13.7. The molecule has 0 radical (unpaired) electrons. The van der Waals surface area contributed by atoms with E-state index in [-0.39, 0.29) is 23.6 Å². The number of anilines is 1. The van der Waals surface area contributed by atoms with Gasteiger partial charge in [-0.1, -0.05) is 65.3 Å². The predicted octanol–water partition coefficient (Wildman–Crippen LogP) is 5.89. The number of benzene rings is 3. The number of rotatable bonds is 4. The lowest BCUT2D eigenvalue weighted by Crippen LogP contribution is -2.46. The van der Waals surface area contributed by atoms with Crippen LogP contribution in [0.4, 0.5) is 14.9 Å². The molecular weight excluding hydrogens is 419 g/mol. The van der Waals surface area contributed by atoms with Gasteiger partial charge in [-0.25, -0.2) is 9.18 Å². The molecule has 1 aliphatic rings. The minimum absolute atomic E-state index is 0.252. The highest BCUT2D eigenvalue weighted by atomic mass is 19.1. The normalized spacial score (nSPS) is 16.2. The van der Waals surface area contributed by atoms with Gasteiger partial charge in [-0.15, -0.1) is 0 Å². The van der Waals surface area contributed by atoms with Crippen LogP contribution < -0.4 is 10.2 Å². The maximum Gasteiger partial charge on any atom is 0.326 e. The van der Waals surface area contributed by atoms with Crippen molar-refractivity contribution in [2.24, 2.45) is 0 Å². The topological polar surface area (TPSA) is 71.3 Å². The molecule has 7 heteroatoms. The van der Waals surface area contributed by atoms with Crippen LogP contribution in [0.15, 0.2) is 89.1 Å². The van der Waals surface area contributed by atoms with Crippen LogP contribution in [0.2, 0.25) is 0 Å². The largest absolute Gasteiger partial charge is 0.334 e. The second-order valence-corrected chi connectivity index (χ2v) is 7.90. The Morgan fingerprint density at radius 2 is 1.73 bits per heavy atom. The summed E-state index contributed by atoms with van der Waals surface area (Å²) < 4.78 is 19.4. The van der Waals surface area contributed by atoms with Crippen molar-refractivity contribution >= 4 is 17.3 Å². The summed E-state index contributed by atoms with van der Waals surface area (Å²) in [6.45, 7) is 3.86. The van der Waals surface area contributed by atoms with Crippen LogP contribution in [0.25, 0.3) is 17.0 Å². The van der Waals surface area contributed by atoms with Crippen LogP contribution in [-0.4, -0.2) is 16.2 Å². The number of aromatic nitrogens is 2. The zero-order valence-electron chi connectivity index (χ0n) is 18.1. The van der Waals surface area contributed by atoms with E-state index in [1.54, 1.807) is 17.0 Å². The van der Waals surface area contributed by atoms with Crippen LogP contribution in [0.5, 0.6) is 0 Å². The van der Waals surface area contributed by atoms with Gasteiger partial charge in [0, 0.05) is 11.3 Å². The van der Waals surface area contributed by atoms with Crippen LogP contribution >= 0.6 is 0 Å². The Morgan fingerprint density at radius 3 is 2.45 bits per heavy atom. The van der Waals surface area contributed by atoms with Gasteiger partial charge in [0.15, 0.2) is 0 Å². The Bertz CT molecular complexity index is 1350. The quantitative estimate of drug-likeness (QED) is 0.430. The Labute approximate surface area is 190 Å². The lowest BCUT2D eigenvalue weighted by molar-refractivity contribution is 0.244. The molecule has 3 aromatic carbocycles. The SMILES string of the molecule is CC1=C(c2nc(-c3cccc(F)c3)no2)C(c2ccc(C)cc2)NC(=O)N1c1ccccc1. The standard InChI is InChI=1S/C26H21FN4O2/c1-16-11-13-18(14-12-16)23-22(17(2)31(26(32)28-23)21-9-4-3-5-10-21)25-29-24(30-33-25)19-7-6-8-20(27)15-19/h3-15,23H,1-2H3,(H,28,32). The molecule has 33 heavy (non-hydrogen) atoms. The molecule has 1 N–H and O–H groups in total. The minimum atomic E-state index is -0.487. The fraction of sp³-hybridized carbons (Fsp3) is 0.115. The molecule has 0 saturated heterocycles. The molecule has 1 aliphatic heterocycles. The van der Waals surface area contributed by atoms with E-state index in [2.05, 4.69) is 15.5 Å². The first-order valence-corrected chi connectivity index (χ1v) is 10.5. The van der Waals surface area contributed by atoms with Crippen LogP contribution in [0, 0.1) is 12.7 Å². The van der Waals surface area contributed by atoms with Crippen LogP contribution in [0.3, 0.4) is 0 Å². The third-order valence-electron chi connectivity index (χ3n) is 5.65. The van der Waals surface area contributed by atoms with Gasteiger partial charge in [-0.3, -0.25) is 4.90 Å². The highest BCUT2D eigenvalue weighted by Gasteiger charge is 2.36. The summed E-state index contributed by atoms with van der Waals surface area (Å²) in [7, 11) is 0. The predicted molar refractivity (Wildman–Crippen MR) is 124 cm³/mol. The number of nitrogens with zero attached hydrogens (tertiary/aromatic N) is 3. The van der Waals surface area contributed by atoms with E-state index < -0.39 is 6.04 Å². The zero-order chi connectivity index (χ0) is 22.9. The summed E-state index contributed by atoms with van der Waals surface area (Å²) in [5.41, 5.74) is 4.58. The van der Waals surface area contributed by atoms with Crippen molar-refractivity contribution < 1.29 is 13.7 Å². The van der Waals surface area contributed by atoms with E-state index >= 15 is 0 Å². The Balaban J connectivity index is 1.65. The minimum Gasteiger partial charge on any atom is -0.334 e. The van der Waals surface area contributed by atoms with Crippen molar-refractivity contribution in [1.29, 1.82) is 0 Å². The van der Waals surface area contributed by atoms with E-state index in [1.165, 1.54) is 12.1 Å². The van der Waals surface area contributed by atoms with Crippen molar-refractivity contribution in [1.82, 2.24) is 15.5 Å². The molecule has 1 atom stereocenters. The first-order valence-electron chi connectivity index (χ1n) is 10.5. The first kappa shape index (κ1) is 20.6. The summed E-state index contributed by atoms with van der Waals surface area (Å²) in [5, 5.41) is 7.16. The molecule has 0 aliphatic carbocycles. The summed E-state index contributed by atoms with van der Waals surface area (Å²) in [6, 6.07) is 22.6. The molecule has 2 heterocycles. The molecule has 1 unspecified atom stereocenters. The van der Waals surface area contributed by atoms with E-state index in [4.69, 9.17) is 4.52 Å². The smallest absolute Gasteiger partial charge is 0.326 e. The number of allylic oxidation sites excluding steroid dienone is 1. The highest BCUT2D eigenvalue weighted by molar-refractivity contribution is 6.01. The molecule has 0 fully saturated rings. The molecule has 4 aromatic rings. The number of carbonyl (C=O) groups excluding carboxylic acids is 1. The van der Waals surface area contributed by atoms with Crippen molar-refractivity contribution in [3.05, 3.63) is 107 Å². The average Bonchev–Trinajstić information content (AvgIpc) is 3.30. The highest BCUT2D eigenvalue weighted by Crippen LogP contribution is 2.39. The van der Waals surface area contributed by atoms with Gasteiger partial charge < -0.3 is 9.84 Å². The van der Waals surface area contributed by atoms with Crippen molar-refractivity contribution in [2.75, 3.05) is 4.90 Å². The molecule has 2 amide bonds. The van der Waals surface area contributed by atoms with E-state index in [1.807, 2.05) is 68.4 Å². The molecular formula is C26H21FN4O2. The van der Waals surface area contributed by atoms with Gasteiger partial charge in [-0.2, -0.15) is 4.98 Å². The molecule has 0 spiro atoms. The van der Waals surface area contributed by atoms with Crippen LogP contribution in [0.1, 0.15) is 30.0 Å². The van der Waals surface area contributed by atoms with E-state index in [9.17, 15) is 9.18 Å². The van der Waals surface area contributed by atoms with Crippen molar-refractivity contribution in [2.45, 2.75) is 19.9 Å². The molecule has 1 aromatic heterocycles. The number of hydrogen-bond acceptors (Lipinski definition) is 4. The number of halogens is 1. The maximum absolute atomic E-state index is 13.7. The average molecular weight is 440 g/mol. The zero-order valence-corrected chi connectivity index (χ0v) is 18.1. The van der Waals surface area contributed by atoms with Crippen molar-refractivity contribution in [3.63, 3.8) is 0 Å². The number of para-hydroxylation sites is 1. The number of amides is 2. The number of carbonyl (C=O) groups is 1. The second kappa shape index (κ2) is 8.35. The molecule has 0 saturated carbocycles. The monoisotopic (exact) mass is 440 g/mol. The summed E-state index contributed by atoms with van der Waals surface area (Å²) in [4.78, 5) is 19.3. The summed E-state index contributed by atoms with van der Waals surface area (Å²) in [6.07, 6.45) is 0. The van der Waals surface area contributed by atoms with Crippen molar-refractivity contribution in [3.8, 4) is 11.4 Å².